The van der Waals surface area contributed by atoms with Gasteiger partial charge >= 0.3 is 0 Å². The van der Waals surface area contributed by atoms with E-state index in [0.29, 0.717) is 6.04 Å². The van der Waals surface area contributed by atoms with E-state index in [0.717, 1.165) is 19.8 Å². The van der Waals surface area contributed by atoms with Gasteiger partial charge in [0.25, 0.3) is 0 Å². The van der Waals surface area contributed by atoms with Crippen LogP contribution in [-0.2, 0) is 4.74 Å². The molecule has 13 heavy (non-hydrogen) atoms. The summed E-state index contributed by atoms with van der Waals surface area (Å²) in [6.07, 6.45) is 1.25. The van der Waals surface area contributed by atoms with E-state index in [1.807, 2.05) is 18.7 Å². The van der Waals surface area contributed by atoms with E-state index in [2.05, 4.69) is 19.2 Å². The Bertz CT molecular complexity index is 101. The van der Waals surface area contributed by atoms with Crippen molar-refractivity contribution in [3.05, 3.63) is 0 Å². The third kappa shape index (κ3) is 10.2. The fourth-order valence-corrected chi connectivity index (χ4v) is 1.84. The number of hydrogen-bond acceptors (Lipinski definition) is 3. The van der Waals surface area contributed by atoms with E-state index in [1.54, 1.807) is 0 Å². The summed E-state index contributed by atoms with van der Waals surface area (Å²) < 4.78 is 5.24. The summed E-state index contributed by atoms with van der Waals surface area (Å²) in [7, 11) is 0. The van der Waals surface area contributed by atoms with Crippen molar-refractivity contribution in [2.24, 2.45) is 0 Å². The van der Waals surface area contributed by atoms with Crippen molar-refractivity contribution < 1.29 is 4.74 Å². The number of ether oxygens (including phenoxy) is 1. The smallest absolute Gasteiger partial charge is 0.0590 e. The zero-order valence-corrected chi connectivity index (χ0v) is 9.95. The van der Waals surface area contributed by atoms with E-state index >= 15 is 0 Å². The Morgan fingerprint density at radius 1 is 1.38 bits per heavy atom. The van der Waals surface area contributed by atoms with Crippen LogP contribution in [0.3, 0.4) is 0 Å². The van der Waals surface area contributed by atoms with Gasteiger partial charge in [-0.15, -0.1) is 0 Å². The molecule has 0 amide bonds. The lowest BCUT2D eigenvalue weighted by atomic mass is 10.2. The second-order valence-electron chi connectivity index (χ2n) is 3.04. The highest BCUT2D eigenvalue weighted by Gasteiger charge is 1.99. The molecule has 0 aromatic heterocycles. The zero-order valence-electron chi connectivity index (χ0n) is 9.14. The fraction of sp³-hybridized carbons (Fsp3) is 1.00. The van der Waals surface area contributed by atoms with Gasteiger partial charge in [0, 0.05) is 19.2 Å². The maximum atomic E-state index is 5.24. The summed E-state index contributed by atoms with van der Waals surface area (Å²) in [6, 6.07) is 0.625. The van der Waals surface area contributed by atoms with Crippen molar-refractivity contribution in [1.29, 1.82) is 0 Å². The average Bonchev–Trinajstić information content (AvgIpc) is 2.13. The van der Waals surface area contributed by atoms with Crippen molar-refractivity contribution in [2.75, 3.05) is 31.3 Å². The normalized spacial score (nSPS) is 13.2. The highest BCUT2D eigenvalue weighted by molar-refractivity contribution is 7.99. The van der Waals surface area contributed by atoms with Crippen LogP contribution >= 0.6 is 11.8 Å². The van der Waals surface area contributed by atoms with Crippen LogP contribution in [0.4, 0.5) is 0 Å². The summed E-state index contributed by atoms with van der Waals surface area (Å²) in [6.45, 7) is 9.11. The van der Waals surface area contributed by atoms with Crippen molar-refractivity contribution in [1.82, 2.24) is 5.32 Å². The predicted octanol–water partition coefficient (Wildman–Crippen LogP) is 2.14. The molecule has 0 saturated heterocycles. The molecule has 1 atom stereocenters. The van der Waals surface area contributed by atoms with Gasteiger partial charge < -0.3 is 10.1 Å². The first kappa shape index (κ1) is 13.3. The molecule has 0 aliphatic carbocycles. The molecule has 0 fully saturated rings. The lowest BCUT2D eigenvalue weighted by molar-refractivity contribution is 0.147. The van der Waals surface area contributed by atoms with Crippen molar-refractivity contribution in [3.8, 4) is 0 Å². The third-order valence-electron chi connectivity index (χ3n) is 1.84. The van der Waals surface area contributed by atoms with Gasteiger partial charge in [-0.25, -0.2) is 0 Å². The highest BCUT2D eigenvalue weighted by atomic mass is 32.2. The Morgan fingerprint density at radius 2 is 2.15 bits per heavy atom. The Balaban J connectivity index is 3.05. The van der Waals surface area contributed by atoms with E-state index < -0.39 is 0 Å². The molecule has 0 bridgehead atoms. The quantitative estimate of drug-likeness (QED) is 0.583. The molecule has 0 rings (SSSR count). The average molecular weight is 205 g/mol. The van der Waals surface area contributed by atoms with Gasteiger partial charge in [0.05, 0.1) is 6.61 Å². The number of hydrogen-bond donors (Lipinski definition) is 1. The van der Waals surface area contributed by atoms with Crippen molar-refractivity contribution in [2.45, 2.75) is 33.2 Å². The van der Waals surface area contributed by atoms with Crippen LogP contribution in [0.25, 0.3) is 0 Å². The van der Waals surface area contributed by atoms with Crippen LogP contribution in [0, 0.1) is 0 Å². The van der Waals surface area contributed by atoms with Gasteiger partial charge in [-0.1, -0.05) is 6.92 Å². The first-order valence-electron chi connectivity index (χ1n) is 5.20. The Labute approximate surface area is 86.8 Å². The molecular formula is C10H23NOS. The van der Waals surface area contributed by atoms with E-state index in [4.69, 9.17) is 4.74 Å². The molecule has 0 aliphatic heterocycles. The molecular weight excluding hydrogens is 182 g/mol. The monoisotopic (exact) mass is 205 g/mol. The summed E-state index contributed by atoms with van der Waals surface area (Å²) in [4.78, 5) is 0. The molecule has 1 unspecified atom stereocenters. The topological polar surface area (TPSA) is 21.3 Å². The third-order valence-corrected chi connectivity index (χ3v) is 2.78. The van der Waals surface area contributed by atoms with Gasteiger partial charge in [-0.05, 0) is 31.8 Å². The second kappa shape index (κ2) is 10.4. The van der Waals surface area contributed by atoms with Gasteiger partial charge in [-0.2, -0.15) is 11.8 Å². The first-order valence-corrected chi connectivity index (χ1v) is 6.35. The van der Waals surface area contributed by atoms with Crippen LogP contribution < -0.4 is 5.32 Å². The Kier molecular flexibility index (Phi) is 10.6. The fourth-order valence-electron chi connectivity index (χ4n) is 1.03. The largest absolute Gasteiger partial charge is 0.380 e. The maximum absolute atomic E-state index is 5.24. The van der Waals surface area contributed by atoms with Crippen molar-refractivity contribution in [3.63, 3.8) is 0 Å². The number of rotatable bonds is 9. The molecule has 0 spiro atoms. The summed E-state index contributed by atoms with van der Waals surface area (Å²) in [5, 5.41) is 3.44. The molecule has 0 aromatic rings. The van der Waals surface area contributed by atoms with Gasteiger partial charge in [0.15, 0.2) is 0 Å². The molecule has 3 heteroatoms. The lowest BCUT2D eigenvalue weighted by Gasteiger charge is -2.12. The molecule has 0 heterocycles. The van der Waals surface area contributed by atoms with Crippen LogP contribution in [0.1, 0.15) is 27.2 Å². The molecule has 0 saturated carbocycles. The number of thioether (sulfide) groups is 1. The molecule has 2 nitrogen and oxygen atoms in total. The Hall–Kier alpha value is 0.270. The van der Waals surface area contributed by atoms with E-state index in [-0.39, 0.29) is 0 Å². The van der Waals surface area contributed by atoms with Crippen LogP contribution in [-0.4, -0.2) is 37.3 Å². The predicted molar refractivity (Wildman–Crippen MR) is 61.6 cm³/mol. The van der Waals surface area contributed by atoms with Crippen LogP contribution in [0.5, 0.6) is 0 Å². The SMILES string of the molecule is CCOCCNC(C)CCSCC. The molecule has 0 radical (unpaired) electrons. The summed E-state index contributed by atoms with van der Waals surface area (Å²) >= 11 is 2.01. The Morgan fingerprint density at radius 3 is 2.77 bits per heavy atom. The lowest BCUT2D eigenvalue weighted by Crippen LogP contribution is -2.29. The molecule has 1 N–H and O–H groups in total. The molecule has 0 aromatic carbocycles. The van der Waals surface area contributed by atoms with Gasteiger partial charge in [0.1, 0.15) is 0 Å². The molecule has 80 valence electrons. The van der Waals surface area contributed by atoms with Crippen LogP contribution in [0.2, 0.25) is 0 Å². The summed E-state index contributed by atoms with van der Waals surface area (Å²) in [5.74, 6) is 2.49. The van der Waals surface area contributed by atoms with E-state index in [9.17, 15) is 0 Å². The maximum Gasteiger partial charge on any atom is 0.0590 e. The summed E-state index contributed by atoms with van der Waals surface area (Å²) in [5.41, 5.74) is 0. The zero-order chi connectivity index (χ0) is 9.94. The number of nitrogens with one attached hydrogen (secondary N) is 1. The highest BCUT2D eigenvalue weighted by Crippen LogP contribution is 2.03. The van der Waals surface area contributed by atoms with E-state index in [1.165, 1.54) is 17.9 Å². The minimum absolute atomic E-state index is 0.625. The standard InChI is InChI=1S/C10H23NOS/c1-4-12-8-7-11-10(3)6-9-13-5-2/h10-11H,4-9H2,1-3H3. The molecule has 0 aliphatic rings. The van der Waals surface area contributed by atoms with Gasteiger partial charge in [0.2, 0.25) is 0 Å². The minimum Gasteiger partial charge on any atom is -0.380 e. The second-order valence-corrected chi connectivity index (χ2v) is 4.43. The van der Waals surface area contributed by atoms with Crippen molar-refractivity contribution >= 4 is 11.8 Å². The van der Waals surface area contributed by atoms with Crippen LogP contribution in [0.15, 0.2) is 0 Å². The van der Waals surface area contributed by atoms with Gasteiger partial charge in [-0.3, -0.25) is 0 Å². The first-order chi connectivity index (χ1) is 6.31. The minimum atomic E-state index is 0.625.